The Morgan fingerprint density at radius 1 is 1.14 bits per heavy atom. The average Bonchev–Trinajstić information content (AvgIpc) is 3.20. The zero-order valence-corrected chi connectivity index (χ0v) is 16.3. The lowest BCUT2D eigenvalue weighted by molar-refractivity contribution is 0.0926. The van der Waals surface area contributed by atoms with E-state index < -0.39 is 0 Å². The standard InChI is InChI=1S/C22H23N5O2/c1-29-19-11-5-15(6-12-19)22(28)26-17-9-7-16(8-10-17)24-20-3-2-4-21-25-18(13-23)14-27(20)21/h2-6,11-12,14,16-17,24H,7-10H2,1H3,(H,26,28). The first-order chi connectivity index (χ1) is 14.2. The normalized spacial score (nSPS) is 18.8. The van der Waals surface area contributed by atoms with Gasteiger partial charge in [-0.3, -0.25) is 9.20 Å². The number of methoxy groups -OCH3 is 1. The molecule has 1 aromatic carbocycles. The molecule has 1 amide bonds. The van der Waals surface area contributed by atoms with Gasteiger partial charge in [0.1, 0.15) is 23.3 Å². The third-order valence-corrected chi connectivity index (χ3v) is 5.37. The molecule has 0 atom stereocenters. The SMILES string of the molecule is COc1ccc(C(=O)NC2CCC(Nc3cccc4nc(C#N)cn34)CC2)cc1. The number of hydrogen-bond acceptors (Lipinski definition) is 5. The number of aromatic nitrogens is 2. The van der Waals surface area contributed by atoms with Crippen molar-refractivity contribution in [2.24, 2.45) is 0 Å². The minimum Gasteiger partial charge on any atom is -0.497 e. The van der Waals surface area contributed by atoms with E-state index in [4.69, 9.17) is 10.00 Å². The first kappa shape index (κ1) is 18.8. The summed E-state index contributed by atoms with van der Waals surface area (Å²) in [5.41, 5.74) is 1.81. The molecule has 29 heavy (non-hydrogen) atoms. The summed E-state index contributed by atoms with van der Waals surface area (Å²) in [6.45, 7) is 0. The number of nitrogens with one attached hydrogen (secondary N) is 2. The van der Waals surface area contributed by atoms with E-state index in [1.165, 1.54) is 0 Å². The predicted molar refractivity (Wildman–Crippen MR) is 110 cm³/mol. The number of nitriles is 1. The van der Waals surface area contributed by atoms with Gasteiger partial charge in [0.2, 0.25) is 0 Å². The molecule has 3 aromatic rings. The van der Waals surface area contributed by atoms with Crippen LogP contribution in [0.5, 0.6) is 5.75 Å². The summed E-state index contributed by atoms with van der Waals surface area (Å²) in [5, 5.41) is 15.8. The Hall–Kier alpha value is -3.53. The second-order valence-electron chi connectivity index (χ2n) is 7.27. The van der Waals surface area contributed by atoms with Gasteiger partial charge in [0.15, 0.2) is 5.69 Å². The quantitative estimate of drug-likeness (QED) is 0.698. The molecule has 2 heterocycles. The van der Waals surface area contributed by atoms with E-state index in [0.29, 0.717) is 17.3 Å². The van der Waals surface area contributed by atoms with Gasteiger partial charge in [-0.05, 0) is 62.1 Å². The van der Waals surface area contributed by atoms with E-state index in [-0.39, 0.29) is 11.9 Å². The Kier molecular flexibility index (Phi) is 5.34. The van der Waals surface area contributed by atoms with Crippen LogP contribution in [0.3, 0.4) is 0 Å². The maximum absolute atomic E-state index is 12.5. The van der Waals surface area contributed by atoms with Gasteiger partial charge in [0.05, 0.1) is 7.11 Å². The fraction of sp³-hybridized carbons (Fsp3) is 0.318. The van der Waals surface area contributed by atoms with Crippen LogP contribution in [0.15, 0.2) is 48.7 Å². The summed E-state index contributed by atoms with van der Waals surface area (Å²) in [6.07, 6.45) is 5.51. The van der Waals surface area contributed by atoms with Crippen molar-refractivity contribution in [3.05, 3.63) is 59.9 Å². The first-order valence-corrected chi connectivity index (χ1v) is 9.76. The summed E-state index contributed by atoms with van der Waals surface area (Å²) >= 11 is 0. The molecule has 7 heteroatoms. The molecule has 1 aliphatic carbocycles. The van der Waals surface area contributed by atoms with Gasteiger partial charge in [-0.1, -0.05) is 6.07 Å². The van der Waals surface area contributed by atoms with Crippen LogP contribution in [-0.2, 0) is 0 Å². The Balaban J connectivity index is 1.33. The molecule has 0 radical (unpaired) electrons. The van der Waals surface area contributed by atoms with Gasteiger partial charge in [0.25, 0.3) is 5.91 Å². The van der Waals surface area contributed by atoms with Crippen LogP contribution in [-0.4, -0.2) is 34.5 Å². The van der Waals surface area contributed by atoms with Crippen molar-refractivity contribution in [1.29, 1.82) is 5.26 Å². The molecular weight excluding hydrogens is 366 g/mol. The summed E-state index contributed by atoms with van der Waals surface area (Å²) in [7, 11) is 1.61. The Morgan fingerprint density at radius 2 is 1.86 bits per heavy atom. The molecular formula is C22H23N5O2. The predicted octanol–water partition coefficient (Wildman–Crippen LogP) is 3.37. The van der Waals surface area contributed by atoms with Crippen molar-refractivity contribution in [1.82, 2.24) is 14.7 Å². The average molecular weight is 389 g/mol. The van der Waals surface area contributed by atoms with Gasteiger partial charge < -0.3 is 15.4 Å². The van der Waals surface area contributed by atoms with Crippen LogP contribution in [0.1, 0.15) is 41.7 Å². The van der Waals surface area contributed by atoms with E-state index in [1.807, 2.05) is 22.6 Å². The summed E-state index contributed by atoms with van der Waals surface area (Å²) in [4.78, 5) is 16.7. The second-order valence-corrected chi connectivity index (χ2v) is 7.27. The number of pyridine rings is 1. The van der Waals surface area contributed by atoms with Crippen LogP contribution in [0, 0.1) is 11.3 Å². The van der Waals surface area contributed by atoms with Crippen LogP contribution in [0.4, 0.5) is 5.82 Å². The number of fused-ring (bicyclic) bond motifs is 1. The largest absolute Gasteiger partial charge is 0.497 e. The fourth-order valence-corrected chi connectivity index (χ4v) is 3.78. The van der Waals surface area contributed by atoms with Gasteiger partial charge in [-0.2, -0.15) is 5.26 Å². The zero-order valence-electron chi connectivity index (χ0n) is 16.3. The molecule has 2 aromatic heterocycles. The number of hydrogen-bond donors (Lipinski definition) is 2. The number of ether oxygens (including phenoxy) is 1. The molecule has 1 fully saturated rings. The number of anilines is 1. The minimum absolute atomic E-state index is 0.0451. The summed E-state index contributed by atoms with van der Waals surface area (Å²) in [6, 6.07) is 15.6. The molecule has 2 N–H and O–H groups in total. The van der Waals surface area contributed by atoms with E-state index in [0.717, 1.165) is 42.9 Å². The van der Waals surface area contributed by atoms with Crippen molar-refractivity contribution in [2.75, 3.05) is 12.4 Å². The first-order valence-electron chi connectivity index (χ1n) is 9.76. The fourth-order valence-electron chi connectivity index (χ4n) is 3.78. The van der Waals surface area contributed by atoms with Crippen LogP contribution in [0.25, 0.3) is 5.65 Å². The van der Waals surface area contributed by atoms with E-state index in [2.05, 4.69) is 21.7 Å². The molecule has 0 spiro atoms. The second kappa shape index (κ2) is 8.23. The van der Waals surface area contributed by atoms with Crippen LogP contribution < -0.4 is 15.4 Å². The number of imidazole rings is 1. The molecule has 1 saturated carbocycles. The van der Waals surface area contributed by atoms with Crippen molar-refractivity contribution < 1.29 is 9.53 Å². The number of rotatable bonds is 5. The van der Waals surface area contributed by atoms with Gasteiger partial charge in [0, 0.05) is 23.8 Å². The summed E-state index contributed by atoms with van der Waals surface area (Å²) in [5.74, 6) is 1.63. The molecule has 7 nitrogen and oxygen atoms in total. The van der Waals surface area contributed by atoms with Crippen LogP contribution in [0.2, 0.25) is 0 Å². The third kappa shape index (κ3) is 4.16. The summed E-state index contributed by atoms with van der Waals surface area (Å²) < 4.78 is 7.05. The highest BCUT2D eigenvalue weighted by Crippen LogP contribution is 2.23. The lowest BCUT2D eigenvalue weighted by Gasteiger charge is -2.30. The number of carbonyl (C=O) groups excluding carboxylic acids is 1. The Bertz CT molecular complexity index is 1040. The van der Waals surface area contributed by atoms with Gasteiger partial charge >= 0.3 is 0 Å². The maximum atomic E-state index is 12.5. The van der Waals surface area contributed by atoms with E-state index >= 15 is 0 Å². The van der Waals surface area contributed by atoms with E-state index in [9.17, 15) is 4.79 Å². The Labute approximate surface area is 169 Å². The lowest BCUT2D eigenvalue weighted by Crippen LogP contribution is -2.40. The highest BCUT2D eigenvalue weighted by atomic mass is 16.5. The van der Waals surface area contributed by atoms with Crippen molar-refractivity contribution in [3.8, 4) is 11.8 Å². The van der Waals surface area contributed by atoms with E-state index in [1.54, 1.807) is 37.6 Å². The van der Waals surface area contributed by atoms with Gasteiger partial charge in [-0.25, -0.2) is 4.98 Å². The third-order valence-electron chi connectivity index (χ3n) is 5.37. The maximum Gasteiger partial charge on any atom is 0.251 e. The van der Waals surface area contributed by atoms with Crippen LogP contribution >= 0.6 is 0 Å². The topological polar surface area (TPSA) is 91.4 Å². The molecule has 4 rings (SSSR count). The smallest absolute Gasteiger partial charge is 0.251 e. The number of benzene rings is 1. The zero-order chi connectivity index (χ0) is 20.2. The van der Waals surface area contributed by atoms with Gasteiger partial charge in [-0.15, -0.1) is 0 Å². The monoisotopic (exact) mass is 389 g/mol. The molecule has 148 valence electrons. The molecule has 0 unspecified atom stereocenters. The number of nitrogens with zero attached hydrogens (tertiary/aromatic N) is 3. The van der Waals surface area contributed by atoms with Crippen molar-refractivity contribution in [3.63, 3.8) is 0 Å². The van der Waals surface area contributed by atoms with Crippen molar-refractivity contribution >= 4 is 17.4 Å². The Morgan fingerprint density at radius 3 is 2.55 bits per heavy atom. The number of carbonyl (C=O) groups is 1. The lowest BCUT2D eigenvalue weighted by atomic mass is 9.91. The molecule has 0 bridgehead atoms. The molecule has 0 aliphatic heterocycles. The highest BCUT2D eigenvalue weighted by Gasteiger charge is 2.23. The molecule has 0 saturated heterocycles. The van der Waals surface area contributed by atoms with Crippen molar-refractivity contribution in [2.45, 2.75) is 37.8 Å². The molecule has 1 aliphatic rings. The number of amides is 1. The highest BCUT2D eigenvalue weighted by molar-refractivity contribution is 5.94. The minimum atomic E-state index is -0.0451.